The minimum absolute atomic E-state index is 0.543. The molecule has 1 N–H and O–H groups in total. The summed E-state index contributed by atoms with van der Waals surface area (Å²) in [6, 6.07) is 9.12. The molecule has 4 heteroatoms. The van der Waals surface area contributed by atoms with Crippen molar-refractivity contribution in [2.24, 2.45) is 5.92 Å². The zero-order chi connectivity index (χ0) is 13.8. The van der Waals surface area contributed by atoms with Gasteiger partial charge >= 0.3 is 0 Å². The quantitative estimate of drug-likeness (QED) is 0.875. The van der Waals surface area contributed by atoms with Crippen LogP contribution in [0.4, 0.5) is 5.69 Å². The van der Waals surface area contributed by atoms with Gasteiger partial charge in [-0.25, -0.2) is 9.67 Å². The van der Waals surface area contributed by atoms with E-state index in [1.54, 1.807) is 12.7 Å². The summed E-state index contributed by atoms with van der Waals surface area (Å²) >= 11 is 0. The fourth-order valence-electron chi connectivity index (χ4n) is 2.83. The topological polar surface area (TPSA) is 42.7 Å². The molecule has 1 unspecified atom stereocenters. The van der Waals surface area contributed by atoms with Crippen molar-refractivity contribution in [2.45, 2.75) is 45.2 Å². The van der Waals surface area contributed by atoms with Gasteiger partial charge in [0.05, 0.1) is 6.54 Å². The molecule has 1 aliphatic rings. The first-order chi connectivity index (χ1) is 9.79. The van der Waals surface area contributed by atoms with E-state index >= 15 is 0 Å². The SMILES string of the molecule is CC(CC1CCC1)Nc1cccc(Cn2cncn2)c1. The van der Waals surface area contributed by atoms with Crippen molar-refractivity contribution in [3.63, 3.8) is 0 Å². The summed E-state index contributed by atoms with van der Waals surface area (Å²) in [6.45, 7) is 3.05. The Labute approximate surface area is 120 Å². The molecule has 0 bridgehead atoms. The van der Waals surface area contributed by atoms with Crippen molar-refractivity contribution in [1.29, 1.82) is 0 Å². The molecule has 0 radical (unpaired) electrons. The zero-order valence-electron chi connectivity index (χ0n) is 12.0. The summed E-state index contributed by atoms with van der Waals surface area (Å²) in [5, 5.41) is 7.76. The van der Waals surface area contributed by atoms with Crippen LogP contribution >= 0.6 is 0 Å². The third-order valence-electron chi connectivity index (χ3n) is 4.06. The van der Waals surface area contributed by atoms with Gasteiger partial charge in [0.1, 0.15) is 12.7 Å². The van der Waals surface area contributed by atoms with Crippen LogP contribution in [0.15, 0.2) is 36.9 Å². The summed E-state index contributed by atoms with van der Waals surface area (Å²) in [7, 11) is 0. The lowest BCUT2D eigenvalue weighted by atomic mass is 9.81. The summed E-state index contributed by atoms with van der Waals surface area (Å²) in [4.78, 5) is 3.97. The van der Waals surface area contributed by atoms with E-state index in [-0.39, 0.29) is 0 Å². The van der Waals surface area contributed by atoms with Crippen LogP contribution in [0.2, 0.25) is 0 Å². The molecule has 1 aromatic carbocycles. The van der Waals surface area contributed by atoms with Crippen molar-refractivity contribution in [2.75, 3.05) is 5.32 Å². The van der Waals surface area contributed by atoms with Gasteiger partial charge in [-0.2, -0.15) is 5.10 Å². The predicted octanol–water partition coefficient (Wildman–Crippen LogP) is 3.32. The molecule has 1 aliphatic carbocycles. The molecular weight excluding hydrogens is 248 g/mol. The Balaban J connectivity index is 1.58. The van der Waals surface area contributed by atoms with E-state index in [0.29, 0.717) is 6.04 Å². The van der Waals surface area contributed by atoms with Crippen LogP contribution in [0, 0.1) is 5.92 Å². The largest absolute Gasteiger partial charge is 0.383 e. The van der Waals surface area contributed by atoms with Crippen LogP contribution in [-0.2, 0) is 6.54 Å². The first-order valence-corrected chi connectivity index (χ1v) is 7.47. The molecular formula is C16H22N4. The Bertz CT molecular complexity index is 531. The molecule has 1 atom stereocenters. The lowest BCUT2D eigenvalue weighted by Gasteiger charge is -2.29. The van der Waals surface area contributed by atoms with E-state index in [0.717, 1.165) is 12.5 Å². The van der Waals surface area contributed by atoms with E-state index in [1.807, 2.05) is 4.68 Å². The number of hydrogen-bond acceptors (Lipinski definition) is 3. The smallest absolute Gasteiger partial charge is 0.137 e. The van der Waals surface area contributed by atoms with Crippen LogP contribution in [0.1, 0.15) is 38.2 Å². The van der Waals surface area contributed by atoms with Crippen molar-refractivity contribution >= 4 is 5.69 Å². The monoisotopic (exact) mass is 270 g/mol. The minimum Gasteiger partial charge on any atom is -0.383 e. The van der Waals surface area contributed by atoms with Crippen LogP contribution in [0.25, 0.3) is 0 Å². The lowest BCUT2D eigenvalue weighted by Crippen LogP contribution is -2.23. The van der Waals surface area contributed by atoms with Gasteiger partial charge in [-0.15, -0.1) is 0 Å². The highest BCUT2D eigenvalue weighted by atomic mass is 15.3. The third-order valence-corrected chi connectivity index (χ3v) is 4.06. The van der Waals surface area contributed by atoms with Gasteiger partial charge < -0.3 is 5.32 Å². The van der Waals surface area contributed by atoms with Gasteiger partial charge in [-0.3, -0.25) is 0 Å². The number of hydrogen-bond donors (Lipinski definition) is 1. The summed E-state index contributed by atoms with van der Waals surface area (Å²) in [6.07, 6.45) is 8.86. The van der Waals surface area contributed by atoms with E-state index in [9.17, 15) is 0 Å². The molecule has 0 spiro atoms. The molecule has 1 saturated carbocycles. The predicted molar refractivity (Wildman–Crippen MR) is 80.6 cm³/mol. The summed E-state index contributed by atoms with van der Waals surface area (Å²) in [5.41, 5.74) is 2.45. The number of nitrogens with zero attached hydrogens (tertiary/aromatic N) is 3. The molecule has 0 saturated heterocycles. The normalized spacial score (nSPS) is 16.6. The number of rotatable bonds is 6. The van der Waals surface area contributed by atoms with E-state index in [4.69, 9.17) is 0 Å². The highest BCUT2D eigenvalue weighted by Gasteiger charge is 2.19. The van der Waals surface area contributed by atoms with Crippen LogP contribution in [0.5, 0.6) is 0 Å². The Morgan fingerprint density at radius 2 is 2.30 bits per heavy atom. The van der Waals surface area contributed by atoms with Gasteiger partial charge in [0, 0.05) is 11.7 Å². The molecule has 1 aromatic heterocycles. The number of nitrogens with one attached hydrogen (secondary N) is 1. The van der Waals surface area contributed by atoms with Crippen LogP contribution in [0.3, 0.4) is 0 Å². The minimum atomic E-state index is 0.543. The molecule has 0 amide bonds. The average molecular weight is 270 g/mol. The molecule has 2 aromatic rings. The summed E-state index contributed by atoms with van der Waals surface area (Å²) < 4.78 is 1.84. The number of anilines is 1. The second kappa shape index (κ2) is 6.07. The van der Waals surface area contributed by atoms with Gasteiger partial charge in [0.2, 0.25) is 0 Å². The molecule has 3 rings (SSSR count). The van der Waals surface area contributed by atoms with Crippen molar-refractivity contribution in [1.82, 2.24) is 14.8 Å². The molecule has 4 nitrogen and oxygen atoms in total. The molecule has 106 valence electrons. The third kappa shape index (κ3) is 3.38. The highest BCUT2D eigenvalue weighted by molar-refractivity contribution is 5.46. The maximum Gasteiger partial charge on any atom is 0.137 e. The maximum atomic E-state index is 4.15. The number of aromatic nitrogens is 3. The van der Waals surface area contributed by atoms with E-state index < -0.39 is 0 Å². The Morgan fingerprint density at radius 1 is 1.40 bits per heavy atom. The molecule has 0 aliphatic heterocycles. The highest BCUT2D eigenvalue weighted by Crippen LogP contribution is 2.31. The second-order valence-corrected chi connectivity index (χ2v) is 5.87. The maximum absolute atomic E-state index is 4.15. The Morgan fingerprint density at radius 3 is 3.00 bits per heavy atom. The van der Waals surface area contributed by atoms with Crippen LogP contribution < -0.4 is 5.32 Å². The Hall–Kier alpha value is -1.84. The van der Waals surface area contributed by atoms with Gasteiger partial charge in [-0.05, 0) is 37.0 Å². The fourth-order valence-corrected chi connectivity index (χ4v) is 2.83. The molecule has 1 fully saturated rings. The Kier molecular flexibility index (Phi) is 4.00. The molecule has 1 heterocycles. The first-order valence-electron chi connectivity index (χ1n) is 7.47. The van der Waals surface area contributed by atoms with Gasteiger partial charge in [0.15, 0.2) is 0 Å². The first kappa shape index (κ1) is 13.2. The van der Waals surface area contributed by atoms with Gasteiger partial charge in [0.25, 0.3) is 0 Å². The van der Waals surface area contributed by atoms with E-state index in [1.165, 1.54) is 36.9 Å². The van der Waals surface area contributed by atoms with Crippen molar-refractivity contribution < 1.29 is 0 Å². The van der Waals surface area contributed by atoms with E-state index in [2.05, 4.69) is 46.6 Å². The standard InChI is InChI=1S/C16H22N4/c1-13(8-14-4-2-5-14)19-16-7-3-6-15(9-16)10-20-12-17-11-18-20/h3,6-7,9,11-14,19H,2,4-5,8,10H2,1H3. The van der Waals surface area contributed by atoms with Crippen molar-refractivity contribution in [3.8, 4) is 0 Å². The summed E-state index contributed by atoms with van der Waals surface area (Å²) in [5.74, 6) is 0.941. The fraction of sp³-hybridized carbons (Fsp3) is 0.500. The van der Waals surface area contributed by atoms with Gasteiger partial charge in [-0.1, -0.05) is 31.4 Å². The second-order valence-electron chi connectivity index (χ2n) is 5.87. The zero-order valence-corrected chi connectivity index (χ0v) is 12.0. The lowest BCUT2D eigenvalue weighted by molar-refractivity contribution is 0.286. The average Bonchev–Trinajstić information content (AvgIpc) is 2.87. The van der Waals surface area contributed by atoms with Crippen LogP contribution in [-0.4, -0.2) is 20.8 Å². The number of benzene rings is 1. The van der Waals surface area contributed by atoms with Crippen molar-refractivity contribution in [3.05, 3.63) is 42.5 Å². The molecule has 20 heavy (non-hydrogen) atoms.